The van der Waals surface area contributed by atoms with E-state index in [9.17, 15) is 4.79 Å². The Morgan fingerprint density at radius 1 is 0.696 bits per heavy atom. The van der Waals surface area contributed by atoms with Gasteiger partial charge in [0.2, 0.25) is 0 Å². The molecule has 138 valence electrons. The van der Waals surface area contributed by atoms with Gasteiger partial charge in [0, 0.05) is 6.42 Å². The fraction of sp³-hybridized carbons (Fsp3) is 0.950. The van der Waals surface area contributed by atoms with Gasteiger partial charge in [-0.25, -0.2) is 0 Å². The average Bonchev–Trinajstić information content (AvgIpc) is 2.56. The normalized spacial score (nSPS) is 10.9. The van der Waals surface area contributed by atoms with Gasteiger partial charge in [-0.05, 0) is 25.8 Å². The van der Waals surface area contributed by atoms with Crippen molar-refractivity contribution in [2.75, 3.05) is 13.2 Å². The molecule has 2 N–H and O–H groups in total. The second kappa shape index (κ2) is 19.5. The molecule has 0 atom stereocenters. The first-order chi connectivity index (χ1) is 11.3. The molecule has 0 aliphatic rings. The molecule has 23 heavy (non-hydrogen) atoms. The lowest BCUT2D eigenvalue weighted by Crippen LogP contribution is -2.06. The van der Waals surface area contributed by atoms with Crippen LogP contribution in [0.1, 0.15) is 110 Å². The van der Waals surface area contributed by atoms with Crippen LogP contribution in [0.3, 0.4) is 0 Å². The summed E-state index contributed by atoms with van der Waals surface area (Å²) in [6, 6.07) is 0. The number of hydrogen-bond acceptors (Lipinski definition) is 3. The van der Waals surface area contributed by atoms with E-state index in [1.165, 1.54) is 70.6 Å². The van der Waals surface area contributed by atoms with Crippen molar-refractivity contribution in [2.45, 2.75) is 110 Å². The molecule has 0 aliphatic heterocycles. The predicted octanol–water partition coefficient (Wildman–Crippen LogP) is 5.75. The molecule has 0 bridgehead atoms. The summed E-state index contributed by atoms with van der Waals surface area (Å²) in [5, 5.41) is 0. The highest BCUT2D eigenvalue weighted by atomic mass is 16.5. The van der Waals surface area contributed by atoms with Crippen LogP contribution in [0.25, 0.3) is 0 Å². The number of hydrogen-bond donors (Lipinski definition) is 1. The fourth-order valence-electron chi connectivity index (χ4n) is 2.79. The molecule has 3 heteroatoms. The lowest BCUT2D eigenvalue weighted by Gasteiger charge is -2.05. The van der Waals surface area contributed by atoms with Gasteiger partial charge in [0.15, 0.2) is 0 Å². The molecule has 0 amide bonds. The second-order valence-corrected chi connectivity index (χ2v) is 6.71. The maximum absolute atomic E-state index is 11.5. The molecule has 0 aromatic heterocycles. The van der Waals surface area contributed by atoms with Crippen molar-refractivity contribution in [3.05, 3.63) is 0 Å². The van der Waals surface area contributed by atoms with Gasteiger partial charge in [-0.2, -0.15) is 0 Å². The van der Waals surface area contributed by atoms with E-state index in [0.717, 1.165) is 25.7 Å². The number of nitrogens with two attached hydrogens (primary N) is 1. The Balaban J connectivity index is 3.08. The number of ether oxygens (including phenoxy) is 1. The van der Waals surface area contributed by atoms with Crippen LogP contribution in [-0.2, 0) is 9.53 Å². The van der Waals surface area contributed by atoms with E-state index in [-0.39, 0.29) is 5.97 Å². The molecular weight excluding hydrogens is 286 g/mol. The Morgan fingerprint density at radius 3 is 1.70 bits per heavy atom. The van der Waals surface area contributed by atoms with Crippen LogP contribution in [0, 0.1) is 0 Å². The first-order valence-corrected chi connectivity index (χ1v) is 10.2. The van der Waals surface area contributed by atoms with E-state index in [0.29, 0.717) is 19.6 Å². The van der Waals surface area contributed by atoms with Crippen LogP contribution in [0.4, 0.5) is 0 Å². The molecule has 3 nitrogen and oxygen atoms in total. The summed E-state index contributed by atoms with van der Waals surface area (Å²) in [6.45, 7) is 3.59. The standard InChI is InChI=1S/C20H41NO2/c1-2-3-4-5-6-7-8-9-10-11-12-16-19-23-20(22)17-14-13-15-18-21/h2-19,21H2,1H3. The number of rotatable bonds is 18. The Hall–Kier alpha value is -0.570. The van der Waals surface area contributed by atoms with Crippen molar-refractivity contribution < 1.29 is 9.53 Å². The molecule has 0 unspecified atom stereocenters. The molecule has 0 aromatic rings. The van der Waals surface area contributed by atoms with E-state index >= 15 is 0 Å². The summed E-state index contributed by atoms with van der Waals surface area (Å²) < 4.78 is 5.24. The lowest BCUT2D eigenvalue weighted by atomic mass is 10.1. The van der Waals surface area contributed by atoms with Gasteiger partial charge in [-0.3, -0.25) is 4.79 Å². The third-order valence-electron chi connectivity index (χ3n) is 4.35. The summed E-state index contributed by atoms with van der Waals surface area (Å²) in [5.41, 5.74) is 5.42. The maximum atomic E-state index is 11.5. The van der Waals surface area contributed by atoms with E-state index in [1.54, 1.807) is 0 Å². The van der Waals surface area contributed by atoms with Crippen LogP contribution < -0.4 is 5.73 Å². The molecule has 0 spiro atoms. The van der Waals surface area contributed by atoms with Gasteiger partial charge < -0.3 is 10.5 Å². The average molecular weight is 328 g/mol. The molecule has 0 rings (SSSR count). The minimum absolute atomic E-state index is 0.0369. The molecular formula is C20H41NO2. The van der Waals surface area contributed by atoms with Crippen molar-refractivity contribution in [3.63, 3.8) is 0 Å². The minimum Gasteiger partial charge on any atom is -0.466 e. The van der Waals surface area contributed by atoms with Crippen molar-refractivity contribution >= 4 is 5.97 Å². The summed E-state index contributed by atoms with van der Waals surface area (Å²) in [7, 11) is 0. The van der Waals surface area contributed by atoms with Crippen LogP contribution in [0.5, 0.6) is 0 Å². The lowest BCUT2D eigenvalue weighted by molar-refractivity contribution is -0.143. The van der Waals surface area contributed by atoms with Gasteiger partial charge in [-0.15, -0.1) is 0 Å². The van der Waals surface area contributed by atoms with Crippen LogP contribution >= 0.6 is 0 Å². The van der Waals surface area contributed by atoms with Crippen LogP contribution in [0.15, 0.2) is 0 Å². The van der Waals surface area contributed by atoms with Gasteiger partial charge in [0.1, 0.15) is 0 Å². The fourth-order valence-corrected chi connectivity index (χ4v) is 2.79. The summed E-state index contributed by atoms with van der Waals surface area (Å²) in [4.78, 5) is 11.5. The van der Waals surface area contributed by atoms with E-state index < -0.39 is 0 Å². The van der Waals surface area contributed by atoms with Crippen molar-refractivity contribution in [2.24, 2.45) is 5.73 Å². The zero-order valence-corrected chi connectivity index (χ0v) is 15.6. The largest absolute Gasteiger partial charge is 0.466 e. The zero-order chi connectivity index (χ0) is 17.0. The highest BCUT2D eigenvalue weighted by Gasteiger charge is 2.02. The molecule has 0 saturated carbocycles. The number of esters is 1. The molecule has 0 fully saturated rings. The third kappa shape index (κ3) is 19.4. The quantitative estimate of drug-likeness (QED) is 0.257. The summed E-state index contributed by atoms with van der Waals surface area (Å²) >= 11 is 0. The number of carbonyl (C=O) groups excluding carboxylic acids is 1. The first kappa shape index (κ1) is 22.4. The third-order valence-corrected chi connectivity index (χ3v) is 4.35. The van der Waals surface area contributed by atoms with Gasteiger partial charge >= 0.3 is 5.97 Å². The van der Waals surface area contributed by atoms with E-state index in [4.69, 9.17) is 10.5 Å². The van der Waals surface area contributed by atoms with Crippen molar-refractivity contribution in [1.82, 2.24) is 0 Å². The Labute approximate surface area is 144 Å². The SMILES string of the molecule is CCCCCCCCCCCCCCOC(=O)CCCCCN. The summed E-state index contributed by atoms with van der Waals surface area (Å²) in [5.74, 6) is -0.0369. The van der Waals surface area contributed by atoms with Crippen LogP contribution in [-0.4, -0.2) is 19.1 Å². The molecule has 0 radical (unpaired) electrons. The first-order valence-electron chi connectivity index (χ1n) is 10.2. The molecule has 0 heterocycles. The minimum atomic E-state index is -0.0369. The van der Waals surface area contributed by atoms with Gasteiger partial charge in [-0.1, -0.05) is 84.0 Å². The van der Waals surface area contributed by atoms with Gasteiger partial charge in [0.05, 0.1) is 6.61 Å². The molecule has 0 aromatic carbocycles. The van der Waals surface area contributed by atoms with Crippen LogP contribution in [0.2, 0.25) is 0 Å². The summed E-state index contributed by atoms with van der Waals surface area (Å²) in [6.07, 6.45) is 19.5. The highest BCUT2D eigenvalue weighted by molar-refractivity contribution is 5.69. The van der Waals surface area contributed by atoms with Crippen molar-refractivity contribution in [1.29, 1.82) is 0 Å². The topological polar surface area (TPSA) is 52.3 Å². The van der Waals surface area contributed by atoms with E-state index in [1.807, 2.05) is 0 Å². The maximum Gasteiger partial charge on any atom is 0.305 e. The van der Waals surface area contributed by atoms with Gasteiger partial charge in [0.25, 0.3) is 0 Å². The number of carbonyl (C=O) groups is 1. The number of unbranched alkanes of at least 4 members (excludes halogenated alkanes) is 13. The smallest absolute Gasteiger partial charge is 0.305 e. The zero-order valence-electron chi connectivity index (χ0n) is 15.6. The second-order valence-electron chi connectivity index (χ2n) is 6.71. The Kier molecular flexibility index (Phi) is 19.0. The monoisotopic (exact) mass is 327 g/mol. The molecule has 0 aliphatic carbocycles. The Bertz CT molecular complexity index is 244. The van der Waals surface area contributed by atoms with Crippen molar-refractivity contribution in [3.8, 4) is 0 Å². The highest BCUT2D eigenvalue weighted by Crippen LogP contribution is 2.12. The Morgan fingerprint density at radius 2 is 1.17 bits per heavy atom. The predicted molar refractivity (Wildman–Crippen MR) is 99.6 cm³/mol. The van der Waals surface area contributed by atoms with E-state index in [2.05, 4.69) is 6.92 Å². The molecule has 0 saturated heterocycles.